The summed E-state index contributed by atoms with van der Waals surface area (Å²) in [4.78, 5) is -1.19. The van der Waals surface area contributed by atoms with E-state index in [9.17, 15) is 83.2 Å². The zero-order valence-electron chi connectivity index (χ0n) is 16.8. The first kappa shape index (κ1) is 35.0. The van der Waals surface area contributed by atoms with Crippen molar-refractivity contribution in [1.82, 2.24) is 0 Å². The zero-order valence-corrected chi connectivity index (χ0v) is 19.6. The third-order valence-corrected chi connectivity index (χ3v) is 5.22. The van der Waals surface area contributed by atoms with Crippen molar-refractivity contribution >= 4 is 10.1 Å². The third-order valence-electron chi connectivity index (χ3n) is 4.37. The van der Waals surface area contributed by atoms with Crippen LogP contribution in [0.15, 0.2) is 29.2 Å². The molecule has 0 atom stereocenters. The summed E-state index contributed by atoms with van der Waals surface area (Å²) in [6, 6.07) is 0.494. The Morgan fingerprint density at radius 3 is 1.31 bits per heavy atom. The molecule has 0 heterocycles. The van der Waals surface area contributed by atoms with Gasteiger partial charge in [0, 0.05) is 6.42 Å². The van der Waals surface area contributed by atoms with Crippen LogP contribution in [-0.4, -0.2) is 60.9 Å². The van der Waals surface area contributed by atoms with E-state index < -0.39 is 74.9 Å². The molecule has 1 aromatic carbocycles. The van der Waals surface area contributed by atoms with Crippen LogP contribution in [0.2, 0.25) is 0 Å². The largest absolute Gasteiger partial charge is 1.00 e. The maximum absolute atomic E-state index is 13.9. The van der Waals surface area contributed by atoms with E-state index in [1.54, 1.807) is 0 Å². The Kier molecular flexibility index (Phi) is 9.68. The van der Waals surface area contributed by atoms with Crippen LogP contribution in [0.25, 0.3) is 0 Å². The molecule has 0 amide bonds. The number of rotatable bonds is 10. The van der Waals surface area contributed by atoms with Gasteiger partial charge in [0.2, 0.25) is 0 Å². The maximum Gasteiger partial charge on any atom is 1.00 e. The van der Waals surface area contributed by atoms with Crippen LogP contribution in [0.5, 0.6) is 0 Å². The normalized spacial score (nSPS) is 15.2. The van der Waals surface area contributed by atoms with Gasteiger partial charge < -0.3 is 4.55 Å². The molecule has 0 aliphatic carbocycles. The summed E-state index contributed by atoms with van der Waals surface area (Å²) in [6.45, 7) is 0. The number of benzene rings is 1. The van der Waals surface area contributed by atoms with Crippen molar-refractivity contribution in [2.45, 2.75) is 59.2 Å². The monoisotopic (exact) mass is 594 g/mol. The molecule has 0 radical (unpaired) electrons. The molecule has 1 rings (SSSR count). The molecular formula is C15H7F16NaO3S. The van der Waals surface area contributed by atoms with Gasteiger partial charge in [0.25, 0.3) is 0 Å². The van der Waals surface area contributed by atoms with Crippen molar-refractivity contribution < 1.29 is 113 Å². The average molecular weight is 594 g/mol. The van der Waals surface area contributed by atoms with Crippen molar-refractivity contribution in [2.75, 3.05) is 0 Å². The van der Waals surface area contributed by atoms with Crippen molar-refractivity contribution in [3.8, 4) is 0 Å². The Morgan fingerprint density at radius 2 is 0.972 bits per heavy atom. The van der Waals surface area contributed by atoms with Gasteiger partial charge in [0.05, 0.1) is 4.90 Å². The quantitative estimate of drug-likeness (QED) is 0.238. The van der Waals surface area contributed by atoms with E-state index in [2.05, 4.69) is 0 Å². The van der Waals surface area contributed by atoms with Crippen LogP contribution in [0.1, 0.15) is 5.56 Å². The molecule has 3 nitrogen and oxygen atoms in total. The topological polar surface area (TPSA) is 57.2 Å². The molecule has 0 aliphatic rings. The molecule has 0 N–H and O–H groups in total. The first-order valence-corrected chi connectivity index (χ1v) is 9.51. The Balaban J connectivity index is 0.0000122. The van der Waals surface area contributed by atoms with Crippen LogP contribution in [0, 0.1) is 0 Å². The van der Waals surface area contributed by atoms with Gasteiger partial charge in [-0.1, -0.05) is 12.1 Å². The van der Waals surface area contributed by atoms with E-state index in [1.807, 2.05) is 0 Å². The standard InChI is InChI=1S/C15H8F16O3S.Na/c16-8(17)10(20,21)12(24,25)14(28,29)15(30,31)13(26,27)11(22,23)9(18,19)5-6-1-3-7(4-2-6)35(32,33)34;/h1-4,8H,5H2,(H,32,33,34);/q;+1/p-1. The predicted octanol–water partition coefficient (Wildman–Crippen LogP) is 2.85. The minimum Gasteiger partial charge on any atom is -0.744 e. The first-order chi connectivity index (χ1) is 15.1. The Morgan fingerprint density at radius 1 is 0.639 bits per heavy atom. The number of alkyl halides is 16. The fraction of sp³-hybridized carbons (Fsp3) is 0.600. The molecule has 0 saturated heterocycles. The smallest absolute Gasteiger partial charge is 0.744 e. The van der Waals surface area contributed by atoms with Gasteiger partial charge in [0.15, 0.2) is 0 Å². The van der Waals surface area contributed by atoms with E-state index in [1.165, 1.54) is 0 Å². The molecule has 0 aliphatic heterocycles. The van der Waals surface area contributed by atoms with E-state index in [4.69, 9.17) is 0 Å². The van der Waals surface area contributed by atoms with E-state index in [-0.39, 0.29) is 53.8 Å². The second-order valence-electron chi connectivity index (χ2n) is 6.77. The molecule has 0 aromatic heterocycles. The number of hydrogen-bond acceptors (Lipinski definition) is 3. The van der Waals surface area contributed by atoms with Crippen LogP contribution in [-0.2, 0) is 16.5 Å². The summed E-state index contributed by atoms with van der Waals surface area (Å²) >= 11 is 0. The number of hydrogen-bond donors (Lipinski definition) is 0. The van der Waals surface area contributed by atoms with E-state index >= 15 is 0 Å². The van der Waals surface area contributed by atoms with Crippen molar-refractivity contribution in [2.24, 2.45) is 0 Å². The molecule has 21 heteroatoms. The van der Waals surface area contributed by atoms with Crippen molar-refractivity contribution in [3.05, 3.63) is 29.8 Å². The van der Waals surface area contributed by atoms with E-state index in [0.29, 0.717) is 0 Å². The molecule has 0 unspecified atom stereocenters. The summed E-state index contributed by atoms with van der Waals surface area (Å²) < 4.78 is 244. The van der Waals surface area contributed by atoms with Gasteiger partial charge in [-0.25, -0.2) is 17.2 Å². The van der Waals surface area contributed by atoms with Gasteiger partial charge in [-0.3, -0.25) is 0 Å². The molecule has 0 saturated carbocycles. The minimum atomic E-state index is -8.49. The second kappa shape index (κ2) is 9.96. The summed E-state index contributed by atoms with van der Waals surface area (Å²) in [5, 5.41) is 0. The average Bonchev–Trinajstić information content (AvgIpc) is 2.66. The first-order valence-electron chi connectivity index (χ1n) is 8.10. The van der Waals surface area contributed by atoms with Crippen molar-refractivity contribution in [3.63, 3.8) is 0 Å². The van der Waals surface area contributed by atoms with Gasteiger partial charge in [-0.15, -0.1) is 0 Å². The minimum absolute atomic E-state index is 0. The SMILES string of the molecule is O=S(=O)([O-])c1ccc(CC(F)(F)C(F)(F)C(F)(F)C(F)(F)C(F)(F)C(F)(F)C(F)(F)C(F)F)cc1.[Na+]. The van der Waals surface area contributed by atoms with Gasteiger partial charge >= 0.3 is 77.4 Å². The Hall–Kier alpha value is -0.990. The van der Waals surface area contributed by atoms with Gasteiger partial charge in [-0.2, -0.15) is 61.5 Å². The number of halogens is 16. The van der Waals surface area contributed by atoms with Gasteiger partial charge in [-0.05, 0) is 17.7 Å². The molecule has 1 aromatic rings. The predicted molar refractivity (Wildman–Crippen MR) is 78.7 cm³/mol. The summed E-state index contributed by atoms with van der Waals surface area (Å²) in [6.07, 6.45) is -8.73. The maximum atomic E-state index is 13.9. The fourth-order valence-corrected chi connectivity index (χ4v) is 2.78. The third kappa shape index (κ3) is 5.28. The van der Waals surface area contributed by atoms with Crippen LogP contribution in [0.3, 0.4) is 0 Å². The molecule has 204 valence electrons. The summed E-state index contributed by atoms with van der Waals surface area (Å²) in [5.74, 6) is -55.2. The van der Waals surface area contributed by atoms with E-state index in [0.717, 1.165) is 0 Å². The molecule has 0 bridgehead atoms. The van der Waals surface area contributed by atoms with Crippen LogP contribution in [0.4, 0.5) is 70.2 Å². The van der Waals surface area contributed by atoms with Gasteiger partial charge in [0.1, 0.15) is 10.1 Å². The summed E-state index contributed by atoms with van der Waals surface area (Å²) in [5.41, 5.74) is -1.32. The molecule has 0 spiro atoms. The Labute approximate surface area is 211 Å². The second-order valence-corrected chi connectivity index (χ2v) is 8.15. The fourth-order valence-electron chi connectivity index (χ4n) is 2.31. The Bertz CT molecular complexity index is 1020. The van der Waals surface area contributed by atoms with Crippen LogP contribution >= 0.6 is 0 Å². The van der Waals surface area contributed by atoms with Crippen LogP contribution < -0.4 is 29.6 Å². The molecule has 0 fully saturated rings. The summed E-state index contributed by atoms with van der Waals surface area (Å²) in [7, 11) is -5.26. The molecule has 36 heavy (non-hydrogen) atoms. The zero-order chi connectivity index (χ0) is 28.3. The van der Waals surface area contributed by atoms with Crippen molar-refractivity contribution in [1.29, 1.82) is 0 Å². The molecular weight excluding hydrogens is 587 g/mol.